The molecule has 2 aliphatic rings. The van der Waals surface area contributed by atoms with Gasteiger partial charge >= 0.3 is 6.18 Å². The Kier molecular flexibility index (Phi) is 6.58. The molecule has 5 nitrogen and oxygen atoms in total. The molecule has 0 saturated heterocycles. The lowest BCUT2D eigenvalue weighted by atomic mass is 9.78. The van der Waals surface area contributed by atoms with Crippen molar-refractivity contribution in [3.63, 3.8) is 0 Å². The van der Waals surface area contributed by atoms with Gasteiger partial charge in [-0.15, -0.1) is 0 Å². The number of carbonyl (C=O) groups excluding carboxylic acids is 1. The second kappa shape index (κ2) is 9.84. The van der Waals surface area contributed by atoms with Gasteiger partial charge in [0.05, 0.1) is 36.7 Å². The van der Waals surface area contributed by atoms with Crippen molar-refractivity contribution >= 4 is 17.2 Å². The monoisotopic (exact) mass is 508 g/mol. The first-order valence-corrected chi connectivity index (χ1v) is 12.2. The quantitative estimate of drug-likeness (QED) is 0.385. The lowest BCUT2D eigenvalue weighted by molar-refractivity contribution is -0.138. The minimum Gasteiger partial charge on any atom is -0.493 e. The fourth-order valence-corrected chi connectivity index (χ4v) is 5.18. The summed E-state index contributed by atoms with van der Waals surface area (Å²) in [4.78, 5) is 13.7. The molecular formula is C29H27F3N2O3. The molecule has 1 aliphatic carbocycles. The van der Waals surface area contributed by atoms with Crippen LogP contribution >= 0.6 is 0 Å². The van der Waals surface area contributed by atoms with E-state index >= 15 is 0 Å². The molecular weight excluding hydrogens is 481 g/mol. The van der Waals surface area contributed by atoms with Crippen molar-refractivity contribution in [3.05, 3.63) is 94.7 Å². The van der Waals surface area contributed by atoms with E-state index in [9.17, 15) is 18.0 Å². The molecule has 192 valence electrons. The van der Waals surface area contributed by atoms with Gasteiger partial charge in [-0.25, -0.2) is 0 Å². The molecule has 2 N–H and O–H groups in total. The molecule has 3 aromatic rings. The molecule has 8 heteroatoms. The molecule has 2 atom stereocenters. The summed E-state index contributed by atoms with van der Waals surface area (Å²) in [6.07, 6.45) is -3.93. The minimum atomic E-state index is -4.56. The van der Waals surface area contributed by atoms with Crippen molar-refractivity contribution in [1.29, 1.82) is 0 Å². The number of Topliss-reactive ketones (excluding diaryl/α,β-unsaturated/α-hetero) is 1. The van der Waals surface area contributed by atoms with Crippen LogP contribution in [0.15, 0.2) is 78.0 Å². The summed E-state index contributed by atoms with van der Waals surface area (Å²) in [7, 11) is 1.56. The largest absolute Gasteiger partial charge is 0.493 e. The van der Waals surface area contributed by atoms with Crippen LogP contribution in [0.4, 0.5) is 24.5 Å². The van der Waals surface area contributed by atoms with E-state index in [2.05, 4.69) is 10.6 Å². The van der Waals surface area contributed by atoms with Gasteiger partial charge in [-0.3, -0.25) is 4.79 Å². The standard InChI is InChI=1S/C29H27F3N2O3/c1-3-37-25-13-12-17(16-26(25)36-2)18-14-23-27(24(35)15-18)28(34-22-11-7-6-10-21(22)33-23)19-8-4-5-9-20(19)29(30,31)32/h4-13,16,18,28,33-34H,3,14-15H2,1-2H3. The van der Waals surface area contributed by atoms with Crippen molar-refractivity contribution in [2.75, 3.05) is 24.4 Å². The Hall–Kier alpha value is -3.94. The molecule has 0 radical (unpaired) electrons. The van der Waals surface area contributed by atoms with Gasteiger partial charge in [0.1, 0.15) is 0 Å². The Bertz CT molecular complexity index is 1370. The number of anilines is 2. The van der Waals surface area contributed by atoms with E-state index in [4.69, 9.17) is 9.47 Å². The summed E-state index contributed by atoms with van der Waals surface area (Å²) in [5, 5.41) is 6.60. The fourth-order valence-electron chi connectivity index (χ4n) is 5.18. The Morgan fingerprint density at radius 2 is 1.68 bits per heavy atom. The van der Waals surface area contributed by atoms with E-state index in [1.165, 1.54) is 12.1 Å². The Morgan fingerprint density at radius 3 is 2.41 bits per heavy atom. The third-order valence-corrected chi connectivity index (χ3v) is 6.85. The molecule has 0 bridgehead atoms. The first-order chi connectivity index (χ1) is 17.8. The molecule has 1 aliphatic heterocycles. The highest BCUT2D eigenvalue weighted by molar-refractivity contribution is 6.01. The van der Waals surface area contributed by atoms with Crippen LogP contribution in [-0.2, 0) is 11.0 Å². The normalized spacial score (nSPS) is 19.2. The van der Waals surface area contributed by atoms with Gasteiger partial charge < -0.3 is 20.1 Å². The van der Waals surface area contributed by atoms with Gasteiger partial charge in [-0.2, -0.15) is 13.2 Å². The van der Waals surface area contributed by atoms with Crippen molar-refractivity contribution in [1.82, 2.24) is 0 Å². The summed E-state index contributed by atoms with van der Waals surface area (Å²) in [6, 6.07) is 17.4. The summed E-state index contributed by atoms with van der Waals surface area (Å²) >= 11 is 0. The Balaban J connectivity index is 1.60. The molecule has 2 unspecified atom stereocenters. The third-order valence-electron chi connectivity index (χ3n) is 6.85. The fraction of sp³-hybridized carbons (Fsp3) is 0.276. The molecule has 0 amide bonds. The number of allylic oxidation sites excluding steroid dienone is 1. The van der Waals surface area contributed by atoms with E-state index in [1.807, 2.05) is 37.3 Å². The van der Waals surface area contributed by atoms with E-state index in [1.54, 1.807) is 25.3 Å². The molecule has 0 fully saturated rings. The molecule has 0 spiro atoms. The molecule has 5 rings (SSSR count). The van der Waals surface area contributed by atoms with Gasteiger partial charge in [-0.1, -0.05) is 36.4 Å². The number of nitrogens with one attached hydrogen (secondary N) is 2. The maximum atomic E-state index is 14.0. The first kappa shape index (κ1) is 24.7. The number of hydrogen-bond donors (Lipinski definition) is 2. The van der Waals surface area contributed by atoms with E-state index < -0.39 is 17.8 Å². The number of hydrogen-bond acceptors (Lipinski definition) is 5. The highest BCUT2D eigenvalue weighted by atomic mass is 19.4. The van der Waals surface area contributed by atoms with Crippen LogP contribution in [0.2, 0.25) is 0 Å². The number of fused-ring (bicyclic) bond motifs is 1. The van der Waals surface area contributed by atoms with Gasteiger partial charge in [0.2, 0.25) is 0 Å². The van der Waals surface area contributed by atoms with Crippen LogP contribution < -0.4 is 20.1 Å². The maximum Gasteiger partial charge on any atom is 0.416 e. The zero-order chi connectivity index (χ0) is 26.2. The number of methoxy groups -OCH3 is 1. The van der Waals surface area contributed by atoms with Gasteiger partial charge in [0.25, 0.3) is 0 Å². The minimum absolute atomic E-state index is 0.0236. The predicted octanol–water partition coefficient (Wildman–Crippen LogP) is 7.09. The number of rotatable bonds is 5. The highest BCUT2D eigenvalue weighted by Gasteiger charge is 2.41. The van der Waals surface area contributed by atoms with Crippen LogP contribution in [-0.4, -0.2) is 19.5 Å². The smallest absolute Gasteiger partial charge is 0.416 e. The maximum absolute atomic E-state index is 14.0. The van der Waals surface area contributed by atoms with Crippen LogP contribution in [0.3, 0.4) is 0 Å². The molecule has 3 aromatic carbocycles. The summed E-state index contributed by atoms with van der Waals surface area (Å²) < 4.78 is 53.1. The zero-order valence-corrected chi connectivity index (χ0v) is 20.5. The predicted molar refractivity (Wildman–Crippen MR) is 136 cm³/mol. The molecule has 37 heavy (non-hydrogen) atoms. The second-order valence-corrected chi connectivity index (χ2v) is 9.10. The molecule has 0 aromatic heterocycles. The number of para-hydroxylation sites is 2. The van der Waals surface area contributed by atoms with Gasteiger partial charge in [0, 0.05) is 17.7 Å². The van der Waals surface area contributed by atoms with Gasteiger partial charge in [-0.05, 0) is 60.7 Å². The lowest BCUT2D eigenvalue weighted by Gasteiger charge is -2.31. The summed E-state index contributed by atoms with van der Waals surface area (Å²) in [5.41, 5.74) is 2.46. The zero-order valence-electron chi connectivity index (χ0n) is 20.5. The molecule has 1 heterocycles. The second-order valence-electron chi connectivity index (χ2n) is 9.10. The molecule has 0 saturated carbocycles. The van der Waals surface area contributed by atoms with E-state index in [0.717, 1.165) is 11.6 Å². The average Bonchev–Trinajstić information content (AvgIpc) is 3.05. The summed E-state index contributed by atoms with van der Waals surface area (Å²) in [5.74, 6) is 0.815. The topological polar surface area (TPSA) is 59.6 Å². The van der Waals surface area contributed by atoms with Crippen molar-refractivity contribution in [3.8, 4) is 11.5 Å². The SMILES string of the molecule is CCOc1ccc(C2CC(=O)C3=C(C2)Nc2ccccc2NC3c2ccccc2C(F)(F)F)cc1OC. The number of ether oxygens (including phenoxy) is 2. The van der Waals surface area contributed by atoms with Crippen LogP contribution in [0, 0.1) is 0 Å². The third kappa shape index (κ3) is 4.75. The number of benzene rings is 3. The highest BCUT2D eigenvalue weighted by Crippen LogP contribution is 2.47. The number of carbonyl (C=O) groups is 1. The van der Waals surface area contributed by atoms with Crippen molar-refractivity contribution < 1.29 is 27.4 Å². The van der Waals surface area contributed by atoms with Crippen LogP contribution in [0.1, 0.15) is 48.4 Å². The van der Waals surface area contributed by atoms with Crippen molar-refractivity contribution in [2.45, 2.75) is 37.9 Å². The summed E-state index contributed by atoms with van der Waals surface area (Å²) in [6.45, 7) is 2.38. The lowest BCUT2D eigenvalue weighted by Crippen LogP contribution is -2.28. The Labute approximate surface area is 213 Å². The van der Waals surface area contributed by atoms with Crippen molar-refractivity contribution in [2.24, 2.45) is 0 Å². The number of ketones is 1. The Morgan fingerprint density at radius 1 is 0.946 bits per heavy atom. The average molecular weight is 509 g/mol. The van der Waals surface area contributed by atoms with Gasteiger partial charge in [0.15, 0.2) is 17.3 Å². The van der Waals surface area contributed by atoms with E-state index in [-0.39, 0.29) is 23.7 Å². The van der Waals surface area contributed by atoms with Crippen LogP contribution in [0.25, 0.3) is 0 Å². The van der Waals surface area contributed by atoms with E-state index in [0.29, 0.717) is 47.2 Å². The number of alkyl halides is 3. The number of halogens is 3. The first-order valence-electron chi connectivity index (χ1n) is 12.2. The van der Waals surface area contributed by atoms with Crippen LogP contribution in [0.5, 0.6) is 11.5 Å².